The summed E-state index contributed by atoms with van der Waals surface area (Å²) < 4.78 is 12.7. The van der Waals surface area contributed by atoms with Crippen molar-refractivity contribution in [2.45, 2.75) is 32.9 Å². The molecule has 1 amide bonds. The zero-order chi connectivity index (χ0) is 21.8. The standard InChI is InChI=1S/C24H25N3O4/c1-16-12-17(2)27(24(29)25-16)15-23(28)26-20(13-18-6-4-3-5-7-18)19-8-9-21-22(14-19)31-11-10-30-21/h3-9,12,14,20H,10-11,13,15H2,1-2H3,(H,26,28)/t20-/m0/s1. The summed E-state index contributed by atoms with van der Waals surface area (Å²) in [6, 6.07) is 17.2. The van der Waals surface area contributed by atoms with Gasteiger partial charge in [-0.25, -0.2) is 4.79 Å². The molecule has 1 aromatic heterocycles. The average Bonchev–Trinajstić information content (AvgIpc) is 2.76. The van der Waals surface area contributed by atoms with Gasteiger partial charge >= 0.3 is 5.69 Å². The molecule has 0 saturated heterocycles. The summed E-state index contributed by atoms with van der Waals surface area (Å²) >= 11 is 0. The molecule has 2 heterocycles. The highest BCUT2D eigenvalue weighted by Crippen LogP contribution is 2.33. The lowest BCUT2D eigenvalue weighted by molar-refractivity contribution is -0.122. The number of aromatic nitrogens is 2. The summed E-state index contributed by atoms with van der Waals surface area (Å²) in [6.45, 7) is 4.49. The van der Waals surface area contributed by atoms with Crippen LogP contribution in [-0.4, -0.2) is 28.7 Å². The van der Waals surface area contributed by atoms with Crippen LogP contribution in [0.1, 0.15) is 28.6 Å². The van der Waals surface area contributed by atoms with Crippen LogP contribution in [0.25, 0.3) is 0 Å². The molecule has 0 aliphatic carbocycles. The van der Waals surface area contributed by atoms with E-state index in [1.807, 2.05) is 48.5 Å². The molecule has 0 radical (unpaired) electrons. The Morgan fingerprint density at radius 3 is 2.55 bits per heavy atom. The van der Waals surface area contributed by atoms with Gasteiger partial charge in [-0.05, 0) is 49.6 Å². The third-order valence-corrected chi connectivity index (χ3v) is 5.23. The van der Waals surface area contributed by atoms with Crippen LogP contribution in [0.5, 0.6) is 11.5 Å². The predicted octanol–water partition coefficient (Wildman–Crippen LogP) is 2.73. The monoisotopic (exact) mass is 419 g/mol. The molecule has 160 valence electrons. The Balaban J connectivity index is 1.59. The molecule has 0 saturated carbocycles. The third kappa shape index (κ3) is 4.94. The van der Waals surface area contributed by atoms with Crippen LogP contribution in [-0.2, 0) is 17.8 Å². The number of aryl methyl sites for hydroxylation is 2. The van der Waals surface area contributed by atoms with E-state index < -0.39 is 5.69 Å². The van der Waals surface area contributed by atoms with Gasteiger partial charge in [0.1, 0.15) is 19.8 Å². The maximum atomic E-state index is 12.9. The van der Waals surface area contributed by atoms with E-state index in [-0.39, 0.29) is 18.5 Å². The average molecular weight is 419 g/mol. The zero-order valence-corrected chi connectivity index (χ0v) is 17.6. The smallest absolute Gasteiger partial charge is 0.348 e. The molecular formula is C24H25N3O4. The summed E-state index contributed by atoms with van der Waals surface area (Å²) in [6.07, 6.45) is 0.603. The number of carbonyl (C=O) groups is 1. The molecule has 0 unspecified atom stereocenters. The number of amides is 1. The maximum absolute atomic E-state index is 12.9. The van der Waals surface area contributed by atoms with Gasteiger partial charge < -0.3 is 14.8 Å². The molecule has 3 aromatic rings. The Bertz CT molecular complexity index is 1140. The second-order valence-corrected chi connectivity index (χ2v) is 7.62. The van der Waals surface area contributed by atoms with Crippen molar-refractivity contribution in [2.24, 2.45) is 0 Å². The van der Waals surface area contributed by atoms with Crippen molar-refractivity contribution in [3.8, 4) is 11.5 Å². The first-order valence-electron chi connectivity index (χ1n) is 10.3. The molecule has 2 aromatic carbocycles. The summed E-state index contributed by atoms with van der Waals surface area (Å²) in [4.78, 5) is 29.1. The summed E-state index contributed by atoms with van der Waals surface area (Å²) in [5.41, 5.74) is 2.91. The Morgan fingerprint density at radius 1 is 1.06 bits per heavy atom. The highest BCUT2D eigenvalue weighted by molar-refractivity contribution is 5.76. The number of nitrogens with zero attached hydrogens (tertiary/aromatic N) is 2. The highest BCUT2D eigenvalue weighted by Gasteiger charge is 2.20. The predicted molar refractivity (Wildman–Crippen MR) is 116 cm³/mol. The second-order valence-electron chi connectivity index (χ2n) is 7.62. The van der Waals surface area contributed by atoms with Gasteiger partial charge in [0.05, 0.1) is 6.04 Å². The number of hydrogen-bond acceptors (Lipinski definition) is 5. The van der Waals surface area contributed by atoms with E-state index in [9.17, 15) is 9.59 Å². The Hall–Kier alpha value is -3.61. The number of hydrogen-bond donors (Lipinski definition) is 1. The van der Waals surface area contributed by atoms with Crippen molar-refractivity contribution in [3.63, 3.8) is 0 Å². The minimum atomic E-state index is -0.424. The van der Waals surface area contributed by atoms with Gasteiger partial charge in [0.25, 0.3) is 0 Å². The molecule has 7 nitrogen and oxygen atoms in total. The van der Waals surface area contributed by atoms with Crippen LogP contribution in [0.2, 0.25) is 0 Å². The van der Waals surface area contributed by atoms with E-state index in [4.69, 9.17) is 9.47 Å². The molecule has 31 heavy (non-hydrogen) atoms. The largest absolute Gasteiger partial charge is 0.486 e. The first kappa shape index (κ1) is 20.7. The van der Waals surface area contributed by atoms with Gasteiger partial charge in [-0.15, -0.1) is 0 Å². The lowest BCUT2D eigenvalue weighted by Gasteiger charge is -2.23. The van der Waals surface area contributed by atoms with E-state index in [0.29, 0.717) is 42.5 Å². The number of benzene rings is 2. The van der Waals surface area contributed by atoms with Crippen molar-refractivity contribution in [1.82, 2.24) is 14.9 Å². The van der Waals surface area contributed by atoms with E-state index in [2.05, 4.69) is 10.3 Å². The fourth-order valence-corrected chi connectivity index (χ4v) is 3.73. The summed E-state index contributed by atoms with van der Waals surface area (Å²) in [7, 11) is 0. The molecule has 1 aliphatic rings. The lowest BCUT2D eigenvalue weighted by Crippen LogP contribution is -2.37. The number of rotatable bonds is 6. The van der Waals surface area contributed by atoms with Gasteiger partial charge in [-0.2, -0.15) is 4.98 Å². The van der Waals surface area contributed by atoms with Gasteiger partial charge in [-0.1, -0.05) is 36.4 Å². The zero-order valence-electron chi connectivity index (χ0n) is 17.6. The van der Waals surface area contributed by atoms with Crippen LogP contribution in [0, 0.1) is 13.8 Å². The molecule has 1 aliphatic heterocycles. The topological polar surface area (TPSA) is 82.5 Å². The number of nitrogens with one attached hydrogen (secondary N) is 1. The molecule has 0 fully saturated rings. The highest BCUT2D eigenvalue weighted by atomic mass is 16.6. The Morgan fingerprint density at radius 2 is 1.81 bits per heavy atom. The maximum Gasteiger partial charge on any atom is 0.348 e. The summed E-state index contributed by atoms with van der Waals surface area (Å²) in [5, 5.41) is 3.08. The summed E-state index contributed by atoms with van der Waals surface area (Å²) in [5.74, 6) is 1.12. The van der Waals surface area contributed by atoms with Crippen LogP contribution < -0.4 is 20.5 Å². The van der Waals surface area contributed by atoms with Crippen LogP contribution >= 0.6 is 0 Å². The minimum Gasteiger partial charge on any atom is -0.486 e. The Labute approximate surface area is 180 Å². The van der Waals surface area contributed by atoms with Crippen molar-refractivity contribution < 1.29 is 14.3 Å². The van der Waals surface area contributed by atoms with Crippen molar-refractivity contribution in [1.29, 1.82) is 0 Å². The second kappa shape index (κ2) is 9.04. The quantitative estimate of drug-likeness (QED) is 0.664. The van der Waals surface area contributed by atoms with Gasteiger partial charge in [0.15, 0.2) is 11.5 Å². The van der Waals surface area contributed by atoms with Crippen LogP contribution in [0.3, 0.4) is 0 Å². The lowest BCUT2D eigenvalue weighted by atomic mass is 9.98. The fourth-order valence-electron chi connectivity index (χ4n) is 3.73. The first-order valence-corrected chi connectivity index (χ1v) is 10.3. The van der Waals surface area contributed by atoms with Crippen LogP contribution in [0.4, 0.5) is 0 Å². The van der Waals surface area contributed by atoms with Crippen molar-refractivity contribution >= 4 is 5.91 Å². The molecule has 1 atom stereocenters. The normalized spacial score (nSPS) is 13.5. The minimum absolute atomic E-state index is 0.0895. The molecule has 4 rings (SSSR count). The van der Waals surface area contributed by atoms with Gasteiger partial charge in [0.2, 0.25) is 5.91 Å². The fraction of sp³-hybridized carbons (Fsp3) is 0.292. The van der Waals surface area contributed by atoms with Crippen LogP contribution in [0.15, 0.2) is 59.4 Å². The SMILES string of the molecule is Cc1cc(C)n(CC(=O)N[C@@H](Cc2ccccc2)c2ccc3c(c2)OCCO3)c(=O)n1. The molecule has 0 spiro atoms. The Kier molecular flexibility index (Phi) is 6.02. The van der Waals surface area contributed by atoms with Gasteiger partial charge in [0, 0.05) is 11.4 Å². The molecule has 7 heteroatoms. The number of carbonyl (C=O) groups excluding carboxylic acids is 1. The van der Waals surface area contributed by atoms with E-state index in [0.717, 1.165) is 11.1 Å². The van der Waals surface area contributed by atoms with Crippen molar-refractivity contribution in [3.05, 3.63) is 87.6 Å². The number of ether oxygens (including phenoxy) is 2. The molecule has 1 N–H and O–H groups in total. The molecular weight excluding hydrogens is 394 g/mol. The van der Waals surface area contributed by atoms with E-state index >= 15 is 0 Å². The van der Waals surface area contributed by atoms with E-state index in [1.165, 1.54) is 4.57 Å². The number of fused-ring (bicyclic) bond motifs is 1. The van der Waals surface area contributed by atoms with Crippen molar-refractivity contribution in [2.75, 3.05) is 13.2 Å². The first-order chi connectivity index (χ1) is 15.0. The van der Waals surface area contributed by atoms with Gasteiger partial charge in [-0.3, -0.25) is 9.36 Å². The third-order valence-electron chi connectivity index (χ3n) is 5.23. The van der Waals surface area contributed by atoms with E-state index in [1.54, 1.807) is 19.9 Å². The molecule has 0 bridgehead atoms.